The normalized spacial score (nSPS) is 19.2. The van der Waals surface area contributed by atoms with Gasteiger partial charge in [-0.1, -0.05) is 30.3 Å². The molecule has 0 aliphatic carbocycles. The third-order valence-corrected chi connectivity index (χ3v) is 5.06. The summed E-state index contributed by atoms with van der Waals surface area (Å²) in [5, 5.41) is 0. The summed E-state index contributed by atoms with van der Waals surface area (Å²) in [6.45, 7) is 1.88. The molecular formula is C19H24N2O2S. The van der Waals surface area contributed by atoms with Crippen LogP contribution in [0.3, 0.4) is 0 Å². The van der Waals surface area contributed by atoms with Crippen molar-refractivity contribution >= 4 is 17.7 Å². The Bertz CT molecular complexity index is 630. The number of carbonyl (C=O) groups excluding carboxylic acids is 1. The van der Waals surface area contributed by atoms with Crippen LogP contribution in [-0.2, 0) is 9.53 Å². The average molecular weight is 344 g/mol. The first kappa shape index (κ1) is 17.1. The molecule has 1 saturated heterocycles. The van der Waals surface area contributed by atoms with E-state index in [0.29, 0.717) is 19.7 Å². The van der Waals surface area contributed by atoms with Crippen molar-refractivity contribution in [2.75, 3.05) is 31.7 Å². The smallest absolute Gasteiger partial charge is 0.245 e. The molecule has 5 heteroatoms. The predicted molar refractivity (Wildman–Crippen MR) is 98.2 cm³/mol. The van der Waals surface area contributed by atoms with E-state index in [9.17, 15) is 4.79 Å². The van der Waals surface area contributed by atoms with Crippen LogP contribution in [0.4, 0.5) is 0 Å². The first-order valence-corrected chi connectivity index (χ1v) is 9.75. The van der Waals surface area contributed by atoms with Crippen LogP contribution in [0.25, 0.3) is 0 Å². The van der Waals surface area contributed by atoms with Crippen molar-refractivity contribution in [3.63, 3.8) is 0 Å². The number of thioether (sulfide) groups is 1. The van der Waals surface area contributed by atoms with E-state index in [1.165, 1.54) is 0 Å². The van der Waals surface area contributed by atoms with Crippen LogP contribution in [0.5, 0.6) is 0 Å². The molecule has 128 valence electrons. The summed E-state index contributed by atoms with van der Waals surface area (Å²) >= 11 is 1.78. The van der Waals surface area contributed by atoms with E-state index in [4.69, 9.17) is 4.74 Å². The van der Waals surface area contributed by atoms with E-state index in [0.717, 1.165) is 17.7 Å². The van der Waals surface area contributed by atoms with Crippen LogP contribution in [0, 0.1) is 0 Å². The summed E-state index contributed by atoms with van der Waals surface area (Å²) in [5.74, 6) is 1.17. The third-order valence-electron chi connectivity index (χ3n) is 4.42. The van der Waals surface area contributed by atoms with Gasteiger partial charge in [-0.15, -0.1) is 0 Å². The first-order valence-electron chi connectivity index (χ1n) is 8.36. The number of aromatic nitrogens is 1. The van der Waals surface area contributed by atoms with Gasteiger partial charge in [-0.25, -0.2) is 0 Å². The highest BCUT2D eigenvalue weighted by atomic mass is 32.2. The van der Waals surface area contributed by atoms with E-state index in [-0.39, 0.29) is 18.1 Å². The van der Waals surface area contributed by atoms with Gasteiger partial charge in [0, 0.05) is 18.9 Å². The Morgan fingerprint density at radius 1 is 1.25 bits per heavy atom. The summed E-state index contributed by atoms with van der Waals surface area (Å²) in [5.41, 5.74) is 1.14. The van der Waals surface area contributed by atoms with Gasteiger partial charge in [0.25, 0.3) is 0 Å². The van der Waals surface area contributed by atoms with Crippen molar-refractivity contribution in [2.24, 2.45) is 0 Å². The van der Waals surface area contributed by atoms with Crippen molar-refractivity contribution < 1.29 is 9.53 Å². The molecule has 2 aromatic rings. The largest absolute Gasteiger partial charge is 0.370 e. The maximum atomic E-state index is 13.1. The second-order valence-electron chi connectivity index (χ2n) is 5.98. The Morgan fingerprint density at radius 3 is 2.71 bits per heavy atom. The van der Waals surface area contributed by atoms with Crippen LogP contribution < -0.4 is 0 Å². The second-order valence-corrected chi connectivity index (χ2v) is 6.97. The summed E-state index contributed by atoms with van der Waals surface area (Å²) in [6, 6.07) is 14.0. The molecule has 1 aliphatic rings. The molecule has 1 aliphatic heterocycles. The molecule has 2 heterocycles. The molecular weight excluding hydrogens is 320 g/mol. The van der Waals surface area contributed by atoms with Crippen molar-refractivity contribution in [2.45, 2.75) is 18.6 Å². The van der Waals surface area contributed by atoms with Crippen LogP contribution in [0.1, 0.15) is 24.1 Å². The molecule has 2 atom stereocenters. The molecule has 0 radical (unpaired) electrons. The Hall–Kier alpha value is -1.72. The molecule has 0 spiro atoms. The zero-order chi connectivity index (χ0) is 16.8. The predicted octanol–water partition coefficient (Wildman–Crippen LogP) is 3.38. The maximum Gasteiger partial charge on any atom is 0.245 e. The average Bonchev–Trinajstić information content (AvgIpc) is 3.17. The topological polar surface area (TPSA) is 34.5 Å². The van der Waals surface area contributed by atoms with Crippen LogP contribution in [0.2, 0.25) is 0 Å². The van der Waals surface area contributed by atoms with Gasteiger partial charge in [0.15, 0.2) is 0 Å². The third kappa shape index (κ3) is 4.02. The minimum atomic E-state index is -0.123. The number of amides is 1. The number of hydrogen-bond acceptors (Lipinski definition) is 3. The zero-order valence-electron chi connectivity index (χ0n) is 14.0. The summed E-state index contributed by atoms with van der Waals surface area (Å²) in [4.78, 5) is 15.1. The Morgan fingerprint density at radius 2 is 2.00 bits per heavy atom. The van der Waals surface area contributed by atoms with Crippen molar-refractivity contribution in [3.8, 4) is 0 Å². The SMILES string of the molecule is CSCCC(C(=O)N1CCOC(c2ccccc2)C1)n1cccc1. The quantitative estimate of drug-likeness (QED) is 0.806. The molecule has 1 fully saturated rings. The van der Waals surface area contributed by atoms with Crippen LogP contribution in [-0.4, -0.2) is 47.1 Å². The number of hydrogen-bond donors (Lipinski definition) is 0. The molecule has 1 amide bonds. The lowest BCUT2D eigenvalue weighted by molar-refractivity contribution is -0.142. The number of nitrogens with zero attached hydrogens (tertiary/aromatic N) is 2. The molecule has 1 aromatic heterocycles. The fourth-order valence-electron chi connectivity index (χ4n) is 3.11. The second kappa shape index (κ2) is 8.40. The molecule has 0 N–H and O–H groups in total. The van der Waals surface area contributed by atoms with E-state index >= 15 is 0 Å². The summed E-state index contributed by atoms with van der Waals surface area (Å²) in [7, 11) is 0. The number of morpholine rings is 1. The number of ether oxygens (including phenoxy) is 1. The number of rotatable bonds is 6. The summed E-state index contributed by atoms with van der Waals surface area (Å²) in [6.07, 6.45) is 6.87. The Balaban J connectivity index is 1.72. The molecule has 2 unspecified atom stereocenters. The van der Waals surface area contributed by atoms with E-state index in [1.807, 2.05) is 52.2 Å². The fraction of sp³-hybridized carbons (Fsp3) is 0.421. The van der Waals surface area contributed by atoms with E-state index < -0.39 is 0 Å². The fourth-order valence-corrected chi connectivity index (χ4v) is 3.57. The monoisotopic (exact) mass is 344 g/mol. The first-order chi connectivity index (χ1) is 11.8. The van der Waals surface area contributed by atoms with Gasteiger partial charge in [0.05, 0.1) is 13.2 Å². The van der Waals surface area contributed by atoms with Gasteiger partial charge in [-0.05, 0) is 36.1 Å². The number of benzene rings is 1. The van der Waals surface area contributed by atoms with Crippen LogP contribution >= 0.6 is 11.8 Å². The minimum absolute atomic E-state index is 0.0326. The lowest BCUT2D eigenvalue weighted by Crippen LogP contribution is -2.45. The zero-order valence-corrected chi connectivity index (χ0v) is 14.8. The van der Waals surface area contributed by atoms with Gasteiger partial charge < -0.3 is 14.2 Å². The molecule has 3 rings (SSSR count). The lowest BCUT2D eigenvalue weighted by Gasteiger charge is -2.35. The molecule has 4 nitrogen and oxygen atoms in total. The maximum absolute atomic E-state index is 13.1. The Kier molecular flexibility index (Phi) is 5.99. The van der Waals surface area contributed by atoms with Gasteiger partial charge >= 0.3 is 0 Å². The van der Waals surface area contributed by atoms with Crippen LogP contribution in [0.15, 0.2) is 54.9 Å². The molecule has 24 heavy (non-hydrogen) atoms. The highest BCUT2D eigenvalue weighted by molar-refractivity contribution is 7.98. The summed E-state index contributed by atoms with van der Waals surface area (Å²) < 4.78 is 7.92. The van der Waals surface area contributed by atoms with Crippen molar-refractivity contribution in [1.82, 2.24) is 9.47 Å². The lowest BCUT2D eigenvalue weighted by atomic mass is 10.1. The highest BCUT2D eigenvalue weighted by Crippen LogP contribution is 2.25. The molecule has 1 aromatic carbocycles. The van der Waals surface area contributed by atoms with Crippen molar-refractivity contribution in [1.29, 1.82) is 0 Å². The van der Waals surface area contributed by atoms with Gasteiger partial charge in [-0.3, -0.25) is 4.79 Å². The van der Waals surface area contributed by atoms with Crippen molar-refractivity contribution in [3.05, 3.63) is 60.4 Å². The minimum Gasteiger partial charge on any atom is -0.370 e. The molecule has 0 saturated carbocycles. The molecule has 0 bridgehead atoms. The van der Waals surface area contributed by atoms with Gasteiger partial charge in [0.2, 0.25) is 5.91 Å². The highest BCUT2D eigenvalue weighted by Gasteiger charge is 2.30. The van der Waals surface area contributed by atoms with E-state index in [1.54, 1.807) is 11.8 Å². The Labute approximate surface area is 147 Å². The van der Waals surface area contributed by atoms with E-state index in [2.05, 4.69) is 18.4 Å². The number of carbonyl (C=O) groups is 1. The van der Waals surface area contributed by atoms with Gasteiger partial charge in [-0.2, -0.15) is 11.8 Å². The van der Waals surface area contributed by atoms with Gasteiger partial charge in [0.1, 0.15) is 12.1 Å². The standard InChI is InChI=1S/C19H24N2O2S/c1-24-14-9-17(20-10-5-6-11-20)19(22)21-12-13-23-18(15-21)16-7-3-2-4-8-16/h2-8,10-11,17-18H,9,12-15H2,1H3.